The fourth-order valence-electron chi connectivity index (χ4n) is 1.95. The third-order valence-corrected chi connectivity index (χ3v) is 3.70. The molecule has 0 N–H and O–H groups in total. The maximum absolute atomic E-state index is 11.7. The predicted octanol–water partition coefficient (Wildman–Crippen LogP) is 2.18. The highest BCUT2D eigenvalue weighted by Crippen LogP contribution is 2.34. The van der Waals surface area contributed by atoms with Crippen molar-refractivity contribution in [3.05, 3.63) is 0 Å². The van der Waals surface area contributed by atoms with E-state index in [0.29, 0.717) is 5.41 Å². The molecule has 1 rings (SSSR count). The van der Waals surface area contributed by atoms with E-state index in [0.717, 1.165) is 25.9 Å². The highest BCUT2D eigenvalue weighted by Gasteiger charge is 2.31. The van der Waals surface area contributed by atoms with E-state index in [-0.39, 0.29) is 5.91 Å². The largest absolute Gasteiger partial charge is 0.342 e. The summed E-state index contributed by atoms with van der Waals surface area (Å²) in [6.45, 7) is 7.79. The SMILES string of the molecule is CCC1(C)CCN(C(=O)C(C)C#N)CC1. The summed E-state index contributed by atoms with van der Waals surface area (Å²) in [5.74, 6) is -0.494. The number of rotatable bonds is 2. The molecule has 1 aliphatic heterocycles. The van der Waals surface area contributed by atoms with E-state index in [1.54, 1.807) is 6.92 Å². The molecule has 3 heteroatoms. The molecule has 0 aliphatic carbocycles. The topological polar surface area (TPSA) is 44.1 Å². The second-order valence-electron chi connectivity index (χ2n) is 4.84. The van der Waals surface area contributed by atoms with E-state index in [9.17, 15) is 4.79 Å². The van der Waals surface area contributed by atoms with E-state index < -0.39 is 5.92 Å². The van der Waals surface area contributed by atoms with Gasteiger partial charge in [-0.3, -0.25) is 4.79 Å². The molecule has 1 saturated heterocycles. The first kappa shape index (κ1) is 12.0. The van der Waals surface area contributed by atoms with Crippen molar-refractivity contribution in [3.63, 3.8) is 0 Å². The van der Waals surface area contributed by atoms with Crippen LogP contribution in [0.5, 0.6) is 0 Å². The fourth-order valence-corrected chi connectivity index (χ4v) is 1.95. The van der Waals surface area contributed by atoms with Crippen molar-refractivity contribution < 1.29 is 4.79 Å². The van der Waals surface area contributed by atoms with E-state index in [1.165, 1.54) is 6.42 Å². The first-order valence-electron chi connectivity index (χ1n) is 5.71. The summed E-state index contributed by atoms with van der Waals surface area (Å²) in [6.07, 6.45) is 3.30. The zero-order valence-corrected chi connectivity index (χ0v) is 9.92. The molecule has 1 heterocycles. The van der Waals surface area contributed by atoms with Gasteiger partial charge in [0, 0.05) is 13.1 Å². The molecule has 1 atom stereocenters. The highest BCUT2D eigenvalue weighted by molar-refractivity contribution is 5.80. The molecule has 1 fully saturated rings. The molecule has 0 aromatic carbocycles. The second kappa shape index (κ2) is 4.65. The fraction of sp³-hybridized carbons (Fsp3) is 0.833. The van der Waals surface area contributed by atoms with E-state index in [1.807, 2.05) is 11.0 Å². The van der Waals surface area contributed by atoms with Crippen LogP contribution in [-0.4, -0.2) is 23.9 Å². The van der Waals surface area contributed by atoms with Gasteiger partial charge in [-0.25, -0.2) is 0 Å². The lowest BCUT2D eigenvalue weighted by Crippen LogP contribution is -2.43. The summed E-state index contributed by atoms with van der Waals surface area (Å²) >= 11 is 0. The lowest BCUT2D eigenvalue weighted by Gasteiger charge is -2.39. The lowest BCUT2D eigenvalue weighted by atomic mass is 9.78. The molecule has 0 bridgehead atoms. The van der Waals surface area contributed by atoms with Crippen LogP contribution >= 0.6 is 0 Å². The van der Waals surface area contributed by atoms with Crippen LogP contribution in [0.2, 0.25) is 0 Å². The van der Waals surface area contributed by atoms with Gasteiger partial charge in [-0.15, -0.1) is 0 Å². The molecule has 1 aliphatic rings. The Labute approximate surface area is 92.1 Å². The van der Waals surface area contributed by atoms with Gasteiger partial charge in [0.2, 0.25) is 5.91 Å². The smallest absolute Gasteiger partial charge is 0.239 e. The number of likely N-dealkylation sites (tertiary alicyclic amines) is 1. The number of nitriles is 1. The van der Waals surface area contributed by atoms with Crippen LogP contribution < -0.4 is 0 Å². The third-order valence-electron chi connectivity index (χ3n) is 3.70. The molecular weight excluding hydrogens is 188 g/mol. The number of carbonyl (C=O) groups is 1. The first-order chi connectivity index (χ1) is 7.02. The van der Waals surface area contributed by atoms with Gasteiger partial charge in [-0.2, -0.15) is 5.26 Å². The van der Waals surface area contributed by atoms with E-state index in [4.69, 9.17) is 5.26 Å². The normalized spacial score (nSPS) is 21.9. The molecule has 0 aromatic rings. The average molecular weight is 208 g/mol. The standard InChI is InChI=1S/C12H20N2O/c1-4-12(3)5-7-14(8-6-12)11(15)10(2)9-13/h10H,4-8H2,1-3H3. The number of carbonyl (C=O) groups excluding carboxylic acids is 1. The molecule has 1 amide bonds. The number of nitrogens with zero attached hydrogens (tertiary/aromatic N) is 2. The molecule has 0 spiro atoms. The minimum atomic E-state index is -0.490. The minimum Gasteiger partial charge on any atom is -0.342 e. The van der Waals surface area contributed by atoms with Gasteiger partial charge in [0.15, 0.2) is 0 Å². The third kappa shape index (κ3) is 2.71. The molecule has 0 saturated carbocycles. The molecule has 0 radical (unpaired) electrons. The van der Waals surface area contributed by atoms with Gasteiger partial charge in [0.25, 0.3) is 0 Å². The van der Waals surface area contributed by atoms with Crippen LogP contribution in [0.15, 0.2) is 0 Å². The summed E-state index contributed by atoms with van der Waals surface area (Å²) in [5, 5.41) is 8.69. The van der Waals surface area contributed by atoms with Gasteiger partial charge in [-0.1, -0.05) is 20.3 Å². The van der Waals surface area contributed by atoms with Crippen LogP contribution in [-0.2, 0) is 4.79 Å². The number of hydrogen-bond acceptors (Lipinski definition) is 2. The van der Waals surface area contributed by atoms with Crippen molar-refractivity contribution in [2.75, 3.05) is 13.1 Å². The lowest BCUT2D eigenvalue weighted by molar-refractivity contribution is -0.135. The highest BCUT2D eigenvalue weighted by atomic mass is 16.2. The van der Waals surface area contributed by atoms with Crippen molar-refractivity contribution in [2.45, 2.75) is 40.0 Å². The maximum atomic E-state index is 11.7. The Morgan fingerprint density at radius 2 is 2.07 bits per heavy atom. The van der Waals surface area contributed by atoms with Crippen LogP contribution in [0.3, 0.4) is 0 Å². The molecule has 0 aromatic heterocycles. The van der Waals surface area contributed by atoms with Gasteiger partial charge >= 0.3 is 0 Å². The minimum absolute atomic E-state index is 0.00402. The summed E-state index contributed by atoms with van der Waals surface area (Å²) in [6, 6.07) is 2.01. The molecule has 1 unspecified atom stereocenters. The van der Waals surface area contributed by atoms with Gasteiger partial charge in [0.05, 0.1) is 6.07 Å². The average Bonchev–Trinajstić information content (AvgIpc) is 2.28. The molecule has 15 heavy (non-hydrogen) atoms. The Bertz CT molecular complexity index is 272. The second-order valence-corrected chi connectivity index (χ2v) is 4.84. The number of amides is 1. The maximum Gasteiger partial charge on any atom is 0.239 e. The quantitative estimate of drug-likeness (QED) is 0.698. The summed E-state index contributed by atoms with van der Waals surface area (Å²) < 4.78 is 0. The zero-order chi connectivity index (χ0) is 11.5. The monoisotopic (exact) mass is 208 g/mol. The van der Waals surface area contributed by atoms with E-state index in [2.05, 4.69) is 13.8 Å². The van der Waals surface area contributed by atoms with Crippen molar-refractivity contribution >= 4 is 5.91 Å². The Kier molecular flexibility index (Phi) is 3.73. The van der Waals surface area contributed by atoms with Gasteiger partial charge in [-0.05, 0) is 25.2 Å². The van der Waals surface area contributed by atoms with Crippen LogP contribution in [0.25, 0.3) is 0 Å². The summed E-state index contributed by atoms with van der Waals surface area (Å²) in [4.78, 5) is 13.6. The van der Waals surface area contributed by atoms with Crippen LogP contribution in [0.1, 0.15) is 40.0 Å². The Hall–Kier alpha value is -1.04. The Morgan fingerprint density at radius 1 is 1.53 bits per heavy atom. The zero-order valence-electron chi connectivity index (χ0n) is 9.92. The number of hydrogen-bond donors (Lipinski definition) is 0. The Morgan fingerprint density at radius 3 is 2.47 bits per heavy atom. The Balaban J connectivity index is 2.51. The first-order valence-corrected chi connectivity index (χ1v) is 5.71. The van der Waals surface area contributed by atoms with E-state index >= 15 is 0 Å². The van der Waals surface area contributed by atoms with Crippen molar-refractivity contribution in [2.24, 2.45) is 11.3 Å². The molecular formula is C12H20N2O. The van der Waals surface area contributed by atoms with Crippen LogP contribution in [0.4, 0.5) is 0 Å². The summed E-state index contributed by atoms with van der Waals surface area (Å²) in [7, 11) is 0. The van der Waals surface area contributed by atoms with Crippen LogP contribution in [0, 0.1) is 22.7 Å². The predicted molar refractivity (Wildman–Crippen MR) is 59.0 cm³/mol. The number of piperidine rings is 1. The van der Waals surface area contributed by atoms with Gasteiger partial charge < -0.3 is 4.90 Å². The van der Waals surface area contributed by atoms with Crippen molar-refractivity contribution in [1.82, 2.24) is 4.90 Å². The summed E-state index contributed by atoms with van der Waals surface area (Å²) in [5.41, 5.74) is 0.395. The molecule has 84 valence electrons. The van der Waals surface area contributed by atoms with Crippen molar-refractivity contribution in [3.8, 4) is 6.07 Å². The van der Waals surface area contributed by atoms with Gasteiger partial charge in [0.1, 0.15) is 5.92 Å². The molecule has 3 nitrogen and oxygen atoms in total. The van der Waals surface area contributed by atoms with Crippen molar-refractivity contribution in [1.29, 1.82) is 5.26 Å².